The molecule has 0 fully saturated rings. The Bertz CT molecular complexity index is 1640. The molecule has 39 heavy (non-hydrogen) atoms. The lowest BCUT2D eigenvalue weighted by Gasteiger charge is -2.22. The van der Waals surface area contributed by atoms with Crippen LogP contribution in [0.4, 0.5) is 13.2 Å². The number of hydrogen-bond acceptors (Lipinski definition) is 4. The number of furan rings is 1. The van der Waals surface area contributed by atoms with Crippen molar-refractivity contribution < 1.29 is 31.9 Å². The molecule has 0 saturated heterocycles. The van der Waals surface area contributed by atoms with Gasteiger partial charge in [-0.15, -0.1) is 0 Å². The van der Waals surface area contributed by atoms with Gasteiger partial charge in [0, 0.05) is 29.4 Å². The molecule has 0 saturated carbocycles. The first kappa shape index (κ1) is 26.0. The molecule has 5 aromatic rings. The Balaban J connectivity index is 1.41. The van der Waals surface area contributed by atoms with Crippen molar-refractivity contribution in [3.63, 3.8) is 0 Å². The summed E-state index contributed by atoms with van der Waals surface area (Å²) in [5.41, 5.74) is 3.80. The zero-order valence-corrected chi connectivity index (χ0v) is 21.0. The molecule has 0 aliphatic rings. The minimum absolute atomic E-state index is 0.0285. The van der Waals surface area contributed by atoms with E-state index in [-0.39, 0.29) is 19.7 Å². The standard InChI is InChI=1S/C31H24F3NO4/c1-2-38-30(37)29(36)35(19-21-12-16-23(17-13-21)31(32,33)34)18-20-10-14-22(15-11-20)24-7-5-8-26-25-6-3-4-9-27(25)39-28(24)26/h3-17H,2,18-19H2,1H3. The van der Waals surface area contributed by atoms with Gasteiger partial charge in [0.1, 0.15) is 11.2 Å². The second-order valence-electron chi connectivity index (χ2n) is 9.05. The number of nitrogens with zero attached hydrogens (tertiary/aromatic N) is 1. The lowest BCUT2D eigenvalue weighted by molar-refractivity contribution is -0.160. The molecule has 0 N–H and O–H groups in total. The van der Waals surface area contributed by atoms with Gasteiger partial charge in [-0.3, -0.25) is 4.79 Å². The molecule has 5 nitrogen and oxygen atoms in total. The molecule has 1 heterocycles. The van der Waals surface area contributed by atoms with Crippen LogP contribution in [0.25, 0.3) is 33.1 Å². The fourth-order valence-electron chi connectivity index (χ4n) is 4.53. The number of benzene rings is 4. The predicted molar refractivity (Wildman–Crippen MR) is 141 cm³/mol. The van der Waals surface area contributed by atoms with Gasteiger partial charge in [0.15, 0.2) is 0 Å². The lowest BCUT2D eigenvalue weighted by Crippen LogP contribution is -2.36. The Morgan fingerprint density at radius 1 is 0.795 bits per heavy atom. The molecule has 0 radical (unpaired) electrons. The van der Waals surface area contributed by atoms with Crippen LogP contribution in [0.5, 0.6) is 0 Å². The maximum atomic E-state index is 13.0. The highest BCUT2D eigenvalue weighted by Crippen LogP contribution is 2.35. The van der Waals surface area contributed by atoms with Gasteiger partial charge >= 0.3 is 18.1 Å². The smallest absolute Gasteiger partial charge is 0.416 e. The SMILES string of the molecule is CCOC(=O)C(=O)N(Cc1ccc(-c2cccc3c2oc2ccccc23)cc1)Cc1ccc(C(F)(F)F)cc1. The van der Waals surface area contributed by atoms with Crippen molar-refractivity contribution in [1.29, 1.82) is 0 Å². The second-order valence-corrected chi connectivity index (χ2v) is 9.05. The van der Waals surface area contributed by atoms with Crippen LogP contribution in [0, 0.1) is 0 Å². The molecule has 1 aromatic heterocycles. The highest BCUT2D eigenvalue weighted by atomic mass is 19.4. The van der Waals surface area contributed by atoms with Crippen molar-refractivity contribution >= 4 is 33.8 Å². The highest BCUT2D eigenvalue weighted by Gasteiger charge is 2.30. The summed E-state index contributed by atoms with van der Waals surface area (Å²) in [5.74, 6) is -1.88. The quantitative estimate of drug-likeness (QED) is 0.170. The van der Waals surface area contributed by atoms with Gasteiger partial charge in [-0.25, -0.2) is 4.79 Å². The first-order valence-corrected chi connectivity index (χ1v) is 12.4. The molecule has 0 unspecified atom stereocenters. The summed E-state index contributed by atoms with van der Waals surface area (Å²) in [5, 5.41) is 2.04. The van der Waals surface area contributed by atoms with Crippen LogP contribution in [0.3, 0.4) is 0 Å². The lowest BCUT2D eigenvalue weighted by atomic mass is 10.0. The number of ether oxygens (including phenoxy) is 1. The van der Waals surface area contributed by atoms with Gasteiger partial charge in [0.25, 0.3) is 0 Å². The molecule has 0 spiro atoms. The van der Waals surface area contributed by atoms with E-state index >= 15 is 0 Å². The zero-order chi connectivity index (χ0) is 27.6. The normalized spacial score (nSPS) is 11.6. The summed E-state index contributed by atoms with van der Waals surface area (Å²) < 4.78 is 49.9. The summed E-state index contributed by atoms with van der Waals surface area (Å²) in [6, 6.07) is 25.8. The number of rotatable bonds is 6. The second kappa shape index (κ2) is 10.6. The van der Waals surface area contributed by atoms with Crippen molar-refractivity contribution in [3.8, 4) is 11.1 Å². The molecule has 0 atom stereocenters. The number of hydrogen-bond donors (Lipinski definition) is 0. The van der Waals surface area contributed by atoms with Gasteiger partial charge in [-0.2, -0.15) is 13.2 Å². The summed E-state index contributed by atoms with van der Waals surface area (Å²) in [6.45, 7) is 1.62. The fraction of sp³-hybridized carbons (Fsp3) is 0.161. The Labute approximate surface area is 222 Å². The average Bonchev–Trinajstić information content (AvgIpc) is 3.32. The van der Waals surface area contributed by atoms with Gasteiger partial charge in [-0.05, 0) is 41.8 Å². The molecule has 1 amide bonds. The van der Waals surface area contributed by atoms with E-state index in [1.807, 2.05) is 66.7 Å². The van der Waals surface area contributed by atoms with Crippen LogP contribution >= 0.6 is 0 Å². The first-order valence-electron chi connectivity index (χ1n) is 12.4. The van der Waals surface area contributed by atoms with Crippen molar-refractivity contribution in [1.82, 2.24) is 4.90 Å². The topological polar surface area (TPSA) is 59.8 Å². The molecule has 4 aromatic carbocycles. The first-order chi connectivity index (χ1) is 18.7. The number of para-hydroxylation sites is 2. The molecule has 0 bridgehead atoms. The zero-order valence-electron chi connectivity index (χ0n) is 21.0. The number of fused-ring (bicyclic) bond motifs is 3. The maximum absolute atomic E-state index is 13.0. The monoisotopic (exact) mass is 531 g/mol. The van der Waals surface area contributed by atoms with Crippen LogP contribution < -0.4 is 0 Å². The van der Waals surface area contributed by atoms with Gasteiger partial charge in [0.2, 0.25) is 0 Å². The molecule has 0 aliphatic heterocycles. The summed E-state index contributed by atoms with van der Waals surface area (Å²) in [6.07, 6.45) is -4.46. The summed E-state index contributed by atoms with van der Waals surface area (Å²) >= 11 is 0. The number of halogens is 3. The Morgan fingerprint density at radius 3 is 2.05 bits per heavy atom. The molecule has 8 heteroatoms. The number of carbonyl (C=O) groups excluding carboxylic acids is 2. The third kappa shape index (κ3) is 5.50. The average molecular weight is 532 g/mol. The molecular weight excluding hydrogens is 507 g/mol. The van der Waals surface area contributed by atoms with E-state index in [1.54, 1.807) is 6.92 Å². The van der Waals surface area contributed by atoms with Crippen molar-refractivity contribution in [2.45, 2.75) is 26.2 Å². The van der Waals surface area contributed by atoms with E-state index in [9.17, 15) is 22.8 Å². The Hall–Kier alpha value is -4.59. The molecule has 198 valence electrons. The van der Waals surface area contributed by atoms with E-state index in [2.05, 4.69) is 0 Å². The van der Waals surface area contributed by atoms with Crippen LogP contribution in [0.1, 0.15) is 23.6 Å². The molecule has 0 aliphatic carbocycles. The number of alkyl halides is 3. The number of amides is 1. The third-order valence-electron chi connectivity index (χ3n) is 6.43. The van der Waals surface area contributed by atoms with Crippen LogP contribution in [-0.2, 0) is 33.6 Å². The van der Waals surface area contributed by atoms with E-state index < -0.39 is 23.6 Å². The van der Waals surface area contributed by atoms with Crippen molar-refractivity contribution in [3.05, 3.63) is 108 Å². The van der Waals surface area contributed by atoms with E-state index in [1.165, 1.54) is 17.0 Å². The van der Waals surface area contributed by atoms with E-state index in [0.717, 1.165) is 50.8 Å². The minimum Gasteiger partial charge on any atom is -0.459 e. The van der Waals surface area contributed by atoms with Gasteiger partial charge in [-0.1, -0.05) is 72.8 Å². The molecular formula is C31H24F3NO4. The van der Waals surface area contributed by atoms with Crippen molar-refractivity contribution in [2.75, 3.05) is 6.61 Å². The van der Waals surface area contributed by atoms with E-state index in [0.29, 0.717) is 5.56 Å². The largest absolute Gasteiger partial charge is 0.459 e. The minimum atomic E-state index is -4.46. The number of carbonyl (C=O) groups is 2. The Kier molecular flexibility index (Phi) is 7.11. The molecule has 5 rings (SSSR count). The predicted octanol–water partition coefficient (Wildman–Crippen LogP) is 7.36. The summed E-state index contributed by atoms with van der Waals surface area (Å²) in [7, 11) is 0. The van der Waals surface area contributed by atoms with Crippen LogP contribution in [0.2, 0.25) is 0 Å². The summed E-state index contributed by atoms with van der Waals surface area (Å²) in [4.78, 5) is 26.3. The van der Waals surface area contributed by atoms with Crippen LogP contribution in [-0.4, -0.2) is 23.4 Å². The number of esters is 1. The third-order valence-corrected chi connectivity index (χ3v) is 6.43. The van der Waals surface area contributed by atoms with Gasteiger partial charge in [0.05, 0.1) is 12.2 Å². The highest BCUT2D eigenvalue weighted by molar-refractivity contribution is 6.32. The van der Waals surface area contributed by atoms with Crippen molar-refractivity contribution in [2.24, 2.45) is 0 Å². The van der Waals surface area contributed by atoms with Crippen LogP contribution in [0.15, 0.2) is 95.4 Å². The van der Waals surface area contributed by atoms with E-state index in [4.69, 9.17) is 9.15 Å². The maximum Gasteiger partial charge on any atom is 0.416 e. The Morgan fingerprint density at radius 2 is 1.41 bits per heavy atom. The van der Waals surface area contributed by atoms with Gasteiger partial charge < -0.3 is 14.1 Å². The fourth-order valence-corrected chi connectivity index (χ4v) is 4.53.